The molecule has 0 fully saturated rings. The van der Waals surface area contributed by atoms with Gasteiger partial charge in [0.1, 0.15) is 17.1 Å². The van der Waals surface area contributed by atoms with Gasteiger partial charge in [0.05, 0.1) is 17.3 Å². The quantitative estimate of drug-likeness (QED) is 0.359. The molecule has 5 rings (SSSR count). The number of aromatic nitrogens is 1. The first kappa shape index (κ1) is 20.8. The summed E-state index contributed by atoms with van der Waals surface area (Å²) in [5.74, 6) is 1.65. The number of fused-ring (bicyclic) bond motifs is 4. The molecule has 0 saturated heterocycles. The maximum atomic E-state index is 12.8. The normalized spacial score (nSPS) is 14.1. The lowest BCUT2D eigenvalue weighted by Gasteiger charge is -2.13. The fourth-order valence-electron chi connectivity index (χ4n) is 4.65. The minimum Gasteiger partial charge on any atom is -0.496 e. The first-order chi connectivity index (χ1) is 15.5. The number of hydrogen-bond acceptors (Lipinski definition) is 5. The highest BCUT2D eigenvalue weighted by Gasteiger charge is 2.23. The summed E-state index contributed by atoms with van der Waals surface area (Å²) in [5, 5.41) is 4.67. The summed E-state index contributed by atoms with van der Waals surface area (Å²) in [6.45, 7) is 5.99. The summed E-state index contributed by atoms with van der Waals surface area (Å²) in [5.41, 5.74) is 6.97. The zero-order valence-electron chi connectivity index (χ0n) is 18.8. The second-order valence-corrected chi connectivity index (χ2v) is 9.46. The molecule has 0 unspecified atom stereocenters. The summed E-state index contributed by atoms with van der Waals surface area (Å²) in [6.07, 6.45) is 5.99. The van der Waals surface area contributed by atoms with Gasteiger partial charge in [0.15, 0.2) is 5.13 Å². The number of benzene rings is 2. The molecule has 0 saturated carbocycles. The van der Waals surface area contributed by atoms with E-state index in [1.54, 1.807) is 13.2 Å². The van der Waals surface area contributed by atoms with Crippen LogP contribution < -0.4 is 10.1 Å². The molecule has 32 heavy (non-hydrogen) atoms. The molecule has 0 bridgehead atoms. The van der Waals surface area contributed by atoms with Crippen LogP contribution in [0.3, 0.4) is 0 Å². The van der Waals surface area contributed by atoms with E-state index in [4.69, 9.17) is 9.15 Å². The van der Waals surface area contributed by atoms with Crippen molar-refractivity contribution in [3.63, 3.8) is 0 Å². The number of ether oxygens (including phenoxy) is 1. The molecule has 1 N–H and O–H groups in total. The van der Waals surface area contributed by atoms with E-state index >= 15 is 0 Å². The Morgan fingerprint density at radius 3 is 2.84 bits per heavy atom. The second-order valence-electron chi connectivity index (χ2n) is 8.43. The number of nitrogens with zero attached hydrogens (tertiary/aromatic N) is 1. The summed E-state index contributed by atoms with van der Waals surface area (Å²) in [4.78, 5) is 17.4. The van der Waals surface area contributed by atoms with Gasteiger partial charge in [0.2, 0.25) is 5.91 Å². The molecule has 0 radical (unpaired) electrons. The van der Waals surface area contributed by atoms with Crippen molar-refractivity contribution in [3.05, 3.63) is 58.4 Å². The highest BCUT2D eigenvalue weighted by atomic mass is 32.1. The Morgan fingerprint density at radius 1 is 1.25 bits per heavy atom. The Hall–Kier alpha value is -3.12. The number of hydrogen-bond donors (Lipinski definition) is 1. The second kappa shape index (κ2) is 8.10. The first-order valence-electron chi connectivity index (χ1n) is 10.9. The zero-order chi connectivity index (χ0) is 22.4. The predicted molar refractivity (Wildman–Crippen MR) is 131 cm³/mol. The Labute approximate surface area is 191 Å². The lowest BCUT2D eigenvalue weighted by molar-refractivity contribution is -0.111. The molecule has 2 aromatic heterocycles. The molecular weight excluding hydrogens is 420 g/mol. The summed E-state index contributed by atoms with van der Waals surface area (Å²) in [6, 6.07) is 8.17. The summed E-state index contributed by atoms with van der Waals surface area (Å²) >= 11 is 1.48. The third-order valence-corrected chi connectivity index (χ3v) is 7.19. The molecule has 2 heterocycles. The summed E-state index contributed by atoms with van der Waals surface area (Å²) in [7, 11) is 1.66. The monoisotopic (exact) mass is 446 g/mol. The van der Waals surface area contributed by atoms with Crippen LogP contribution in [0.5, 0.6) is 5.75 Å². The van der Waals surface area contributed by atoms with Crippen molar-refractivity contribution in [2.45, 2.75) is 46.5 Å². The molecule has 0 atom stereocenters. The topological polar surface area (TPSA) is 64.4 Å². The van der Waals surface area contributed by atoms with Gasteiger partial charge in [-0.2, -0.15) is 0 Å². The molecule has 2 aromatic carbocycles. The Bertz CT molecular complexity index is 1390. The Morgan fingerprint density at radius 2 is 2.06 bits per heavy atom. The third-order valence-electron chi connectivity index (χ3n) is 6.25. The van der Waals surface area contributed by atoms with Crippen LogP contribution in [0.25, 0.3) is 26.8 Å². The van der Waals surface area contributed by atoms with Crippen LogP contribution >= 0.6 is 11.3 Å². The minimum atomic E-state index is -0.201. The number of para-hydroxylation sites is 1. The highest BCUT2D eigenvalue weighted by molar-refractivity contribution is 7.22. The average Bonchev–Trinajstić information content (AvgIpc) is 3.35. The number of allylic oxidation sites excluding steroid dienone is 1. The molecule has 1 aliphatic rings. The third kappa shape index (κ3) is 3.48. The number of amides is 1. The van der Waals surface area contributed by atoms with Gasteiger partial charge in [-0.05, 0) is 63.3 Å². The average molecular weight is 447 g/mol. The van der Waals surface area contributed by atoms with E-state index in [-0.39, 0.29) is 5.91 Å². The lowest BCUT2D eigenvalue weighted by atomic mass is 9.93. The predicted octanol–water partition coefficient (Wildman–Crippen LogP) is 6.59. The van der Waals surface area contributed by atoms with Crippen molar-refractivity contribution in [1.29, 1.82) is 0 Å². The smallest absolute Gasteiger partial charge is 0.250 e. The van der Waals surface area contributed by atoms with Crippen molar-refractivity contribution < 1.29 is 13.9 Å². The van der Waals surface area contributed by atoms with Crippen molar-refractivity contribution >= 4 is 49.1 Å². The van der Waals surface area contributed by atoms with Gasteiger partial charge in [-0.25, -0.2) is 4.98 Å². The molecule has 4 aromatic rings. The molecule has 164 valence electrons. The van der Waals surface area contributed by atoms with E-state index in [2.05, 4.69) is 16.4 Å². The van der Waals surface area contributed by atoms with Gasteiger partial charge in [0.25, 0.3) is 0 Å². The van der Waals surface area contributed by atoms with Crippen LogP contribution in [0.4, 0.5) is 5.13 Å². The number of carbonyl (C=O) groups excluding carboxylic acids is 1. The van der Waals surface area contributed by atoms with Crippen molar-refractivity contribution in [2.75, 3.05) is 12.4 Å². The van der Waals surface area contributed by atoms with Crippen LogP contribution in [0.15, 0.2) is 34.8 Å². The number of thiazole rings is 1. The standard InChI is InChI=1S/C26H26N2O3S/c1-14-8-7-11-21-23(14)28-26(32-21)27-22(29)12-15(2)18-13-19-17-9-5-6-10-20(17)31-25(19)16(3)24(18)30-4/h7-8,11-13H,5-6,9-10H2,1-4H3,(H,27,28,29)/b15-12+. The first-order valence-corrected chi connectivity index (χ1v) is 11.8. The van der Waals surface area contributed by atoms with Crippen LogP contribution in [-0.4, -0.2) is 18.0 Å². The Kier molecular flexibility index (Phi) is 5.25. The lowest BCUT2D eigenvalue weighted by Crippen LogP contribution is -2.08. The summed E-state index contributed by atoms with van der Waals surface area (Å²) < 4.78 is 13.0. The van der Waals surface area contributed by atoms with Gasteiger partial charge in [-0.3, -0.25) is 10.1 Å². The number of aryl methyl sites for hydroxylation is 4. The molecular formula is C26H26N2O3S. The van der Waals surface area contributed by atoms with Crippen molar-refractivity contribution in [1.82, 2.24) is 4.98 Å². The van der Waals surface area contributed by atoms with Gasteiger partial charge < -0.3 is 9.15 Å². The van der Waals surface area contributed by atoms with Crippen molar-refractivity contribution in [3.8, 4) is 5.75 Å². The largest absolute Gasteiger partial charge is 0.496 e. The molecule has 0 spiro atoms. The number of methoxy groups -OCH3 is 1. The zero-order valence-corrected chi connectivity index (χ0v) is 19.6. The van der Waals surface area contributed by atoms with Gasteiger partial charge in [-0.15, -0.1) is 0 Å². The molecule has 1 amide bonds. The fraction of sp³-hybridized carbons (Fsp3) is 0.308. The van der Waals surface area contributed by atoms with Crippen LogP contribution in [0.2, 0.25) is 0 Å². The van der Waals surface area contributed by atoms with Crippen LogP contribution in [-0.2, 0) is 17.6 Å². The van der Waals surface area contributed by atoms with Gasteiger partial charge in [0, 0.05) is 34.6 Å². The molecule has 5 nitrogen and oxygen atoms in total. The van der Waals surface area contributed by atoms with Gasteiger partial charge in [-0.1, -0.05) is 23.5 Å². The van der Waals surface area contributed by atoms with E-state index in [1.165, 1.54) is 29.7 Å². The Balaban J connectivity index is 1.50. The van der Waals surface area contributed by atoms with E-state index in [9.17, 15) is 4.79 Å². The number of rotatable bonds is 4. The maximum absolute atomic E-state index is 12.8. The highest BCUT2D eigenvalue weighted by Crippen LogP contribution is 2.41. The van der Waals surface area contributed by atoms with E-state index in [0.717, 1.165) is 67.8 Å². The number of carbonyl (C=O) groups is 1. The maximum Gasteiger partial charge on any atom is 0.250 e. The molecule has 6 heteroatoms. The molecule has 1 aliphatic carbocycles. The molecule has 0 aliphatic heterocycles. The van der Waals surface area contributed by atoms with E-state index < -0.39 is 0 Å². The number of anilines is 1. The van der Waals surface area contributed by atoms with Gasteiger partial charge >= 0.3 is 0 Å². The SMILES string of the molecule is COc1c(/C(C)=C/C(=O)Nc2nc3c(C)cccc3s2)cc2c3c(oc2c1C)CCCC3. The van der Waals surface area contributed by atoms with E-state index in [0.29, 0.717) is 5.13 Å². The van der Waals surface area contributed by atoms with Crippen LogP contribution in [0, 0.1) is 13.8 Å². The fourth-order valence-corrected chi connectivity index (χ4v) is 5.59. The van der Waals surface area contributed by atoms with Crippen LogP contribution in [0.1, 0.15) is 47.8 Å². The number of furan rings is 1. The minimum absolute atomic E-state index is 0.201. The number of nitrogens with one attached hydrogen (secondary N) is 1. The van der Waals surface area contributed by atoms with Crippen molar-refractivity contribution in [2.24, 2.45) is 0 Å². The van der Waals surface area contributed by atoms with E-state index in [1.807, 2.05) is 39.0 Å².